The number of aryl methyl sites for hydroxylation is 3. The Labute approximate surface area is 158 Å². The van der Waals surface area contributed by atoms with Crippen LogP contribution in [0.3, 0.4) is 0 Å². The van der Waals surface area contributed by atoms with Gasteiger partial charge in [0.15, 0.2) is 6.10 Å². The highest BCUT2D eigenvalue weighted by Gasteiger charge is 2.19. The predicted octanol–water partition coefficient (Wildman–Crippen LogP) is 4.47. The van der Waals surface area contributed by atoms with E-state index >= 15 is 0 Å². The van der Waals surface area contributed by atoms with Crippen LogP contribution < -0.4 is 5.32 Å². The molecule has 0 saturated carbocycles. The minimum atomic E-state index is -0.888. The smallest absolute Gasteiger partial charge is 0.311 e. The summed E-state index contributed by atoms with van der Waals surface area (Å²) in [6.45, 7) is 7.56. The van der Waals surface area contributed by atoms with Crippen molar-refractivity contribution < 1.29 is 18.7 Å². The molecule has 3 aromatic rings. The van der Waals surface area contributed by atoms with Crippen molar-refractivity contribution >= 4 is 28.5 Å². The first-order valence-corrected chi connectivity index (χ1v) is 8.88. The van der Waals surface area contributed by atoms with Crippen LogP contribution in [0.5, 0.6) is 0 Å². The Balaban J connectivity index is 1.62. The maximum atomic E-state index is 12.3. The number of hydrogen-bond acceptors (Lipinski definition) is 4. The zero-order chi connectivity index (χ0) is 19.6. The van der Waals surface area contributed by atoms with Crippen LogP contribution in [0.2, 0.25) is 0 Å². The largest absolute Gasteiger partial charge is 0.464 e. The van der Waals surface area contributed by atoms with E-state index < -0.39 is 12.1 Å². The van der Waals surface area contributed by atoms with Gasteiger partial charge in [-0.15, -0.1) is 0 Å². The lowest BCUT2D eigenvalue weighted by atomic mass is 10.0. The van der Waals surface area contributed by atoms with Crippen molar-refractivity contribution in [2.24, 2.45) is 0 Å². The number of furan rings is 1. The summed E-state index contributed by atoms with van der Waals surface area (Å²) in [5.74, 6) is -0.835. The predicted molar refractivity (Wildman–Crippen MR) is 105 cm³/mol. The fraction of sp³-hybridized carbons (Fsp3) is 0.273. The summed E-state index contributed by atoms with van der Waals surface area (Å²) in [7, 11) is 0. The molecule has 0 aliphatic carbocycles. The molecule has 27 heavy (non-hydrogen) atoms. The van der Waals surface area contributed by atoms with Gasteiger partial charge < -0.3 is 14.5 Å². The van der Waals surface area contributed by atoms with Gasteiger partial charge in [-0.05, 0) is 63.1 Å². The molecule has 0 unspecified atom stereocenters. The third-order valence-corrected chi connectivity index (χ3v) is 4.60. The normalized spacial score (nSPS) is 12.0. The molecule has 0 spiro atoms. The molecule has 1 atom stereocenters. The molecule has 5 nitrogen and oxygen atoms in total. The van der Waals surface area contributed by atoms with Crippen LogP contribution in [0.15, 0.2) is 47.1 Å². The van der Waals surface area contributed by atoms with E-state index in [0.29, 0.717) is 5.69 Å². The van der Waals surface area contributed by atoms with Gasteiger partial charge in [0.1, 0.15) is 5.58 Å². The highest BCUT2D eigenvalue weighted by atomic mass is 16.5. The Bertz CT molecular complexity index is 985. The number of fused-ring (bicyclic) bond motifs is 1. The SMILES string of the molecule is Cc1ccc(NC(=O)[C@H](C)OC(=O)Cc2coc3cc(C)c(C)cc23)cc1. The molecular formula is C22H23NO4. The van der Waals surface area contributed by atoms with Gasteiger partial charge in [0, 0.05) is 16.6 Å². The van der Waals surface area contributed by atoms with Crippen LogP contribution in [-0.4, -0.2) is 18.0 Å². The van der Waals surface area contributed by atoms with Gasteiger partial charge in [-0.2, -0.15) is 0 Å². The first-order valence-electron chi connectivity index (χ1n) is 8.88. The highest BCUT2D eigenvalue weighted by molar-refractivity contribution is 5.95. The lowest BCUT2D eigenvalue weighted by Crippen LogP contribution is -2.30. The summed E-state index contributed by atoms with van der Waals surface area (Å²) in [4.78, 5) is 24.5. The van der Waals surface area contributed by atoms with Gasteiger partial charge in [0.25, 0.3) is 5.91 Å². The van der Waals surface area contributed by atoms with Crippen molar-refractivity contribution in [1.82, 2.24) is 0 Å². The first kappa shape index (κ1) is 18.7. The number of esters is 1. The number of carbonyl (C=O) groups excluding carboxylic acids is 2. The molecular weight excluding hydrogens is 342 g/mol. The molecule has 1 aromatic heterocycles. The number of anilines is 1. The molecule has 1 amide bonds. The fourth-order valence-electron chi connectivity index (χ4n) is 2.80. The average Bonchev–Trinajstić information content (AvgIpc) is 2.98. The molecule has 140 valence electrons. The maximum absolute atomic E-state index is 12.3. The zero-order valence-corrected chi connectivity index (χ0v) is 16.0. The summed E-state index contributed by atoms with van der Waals surface area (Å²) in [6, 6.07) is 11.4. The molecule has 0 aliphatic rings. The number of nitrogens with one attached hydrogen (secondary N) is 1. The van der Waals surface area contributed by atoms with Gasteiger partial charge in [-0.25, -0.2) is 0 Å². The number of benzene rings is 2. The second-order valence-electron chi connectivity index (χ2n) is 6.86. The second-order valence-corrected chi connectivity index (χ2v) is 6.86. The third-order valence-electron chi connectivity index (χ3n) is 4.60. The van der Waals surface area contributed by atoms with Crippen molar-refractivity contribution in [2.75, 3.05) is 5.32 Å². The van der Waals surface area contributed by atoms with Crippen LogP contribution in [0, 0.1) is 20.8 Å². The molecule has 1 heterocycles. The maximum Gasteiger partial charge on any atom is 0.311 e. The number of rotatable bonds is 5. The summed E-state index contributed by atoms with van der Waals surface area (Å²) in [5, 5.41) is 3.64. The molecule has 3 rings (SSSR count). The first-order chi connectivity index (χ1) is 12.8. The van der Waals surface area contributed by atoms with Crippen molar-refractivity contribution in [3.05, 3.63) is 64.9 Å². The van der Waals surface area contributed by atoms with Crippen LogP contribution >= 0.6 is 0 Å². The molecule has 0 saturated heterocycles. The minimum Gasteiger partial charge on any atom is -0.464 e. The molecule has 1 N–H and O–H groups in total. The Hall–Kier alpha value is -3.08. The topological polar surface area (TPSA) is 68.5 Å². The minimum absolute atomic E-state index is 0.0532. The van der Waals surface area contributed by atoms with Gasteiger partial charge in [-0.1, -0.05) is 17.7 Å². The summed E-state index contributed by atoms with van der Waals surface area (Å²) in [5.41, 5.74) is 5.53. The summed E-state index contributed by atoms with van der Waals surface area (Å²) < 4.78 is 10.8. The van der Waals surface area contributed by atoms with Crippen molar-refractivity contribution in [2.45, 2.75) is 40.2 Å². The molecule has 0 fully saturated rings. The van der Waals surface area contributed by atoms with Gasteiger partial charge in [-0.3, -0.25) is 9.59 Å². The Morgan fingerprint density at radius 1 is 1.07 bits per heavy atom. The molecule has 5 heteroatoms. The monoisotopic (exact) mass is 365 g/mol. The van der Waals surface area contributed by atoms with E-state index in [-0.39, 0.29) is 12.3 Å². The highest BCUT2D eigenvalue weighted by Crippen LogP contribution is 2.25. The Morgan fingerprint density at radius 2 is 1.74 bits per heavy atom. The van der Waals surface area contributed by atoms with E-state index in [1.165, 1.54) is 0 Å². The average molecular weight is 365 g/mol. The fourth-order valence-corrected chi connectivity index (χ4v) is 2.80. The molecule has 0 aliphatic heterocycles. The van der Waals surface area contributed by atoms with Crippen molar-refractivity contribution in [1.29, 1.82) is 0 Å². The Morgan fingerprint density at radius 3 is 2.44 bits per heavy atom. The number of carbonyl (C=O) groups is 2. The van der Waals surface area contributed by atoms with E-state index in [4.69, 9.17) is 9.15 Å². The lowest BCUT2D eigenvalue weighted by molar-refractivity contribution is -0.152. The zero-order valence-electron chi connectivity index (χ0n) is 16.0. The molecule has 2 aromatic carbocycles. The summed E-state index contributed by atoms with van der Waals surface area (Å²) in [6.07, 6.45) is 0.736. The molecule has 0 radical (unpaired) electrons. The second kappa shape index (κ2) is 7.66. The van der Waals surface area contributed by atoms with Crippen LogP contribution in [0.25, 0.3) is 11.0 Å². The van der Waals surface area contributed by atoms with Crippen LogP contribution in [0.1, 0.15) is 29.2 Å². The van der Waals surface area contributed by atoms with Gasteiger partial charge in [0.05, 0.1) is 12.7 Å². The van der Waals surface area contributed by atoms with Crippen molar-refractivity contribution in [3.8, 4) is 0 Å². The Kier molecular flexibility index (Phi) is 5.31. The third kappa shape index (κ3) is 4.37. The van der Waals surface area contributed by atoms with Crippen LogP contribution in [0.4, 0.5) is 5.69 Å². The van der Waals surface area contributed by atoms with E-state index in [2.05, 4.69) is 5.32 Å². The van der Waals surface area contributed by atoms with E-state index in [1.54, 1.807) is 13.2 Å². The van der Waals surface area contributed by atoms with Crippen LogP contribution in [-0.2, 0) is 20.7 Å². The van der Waals surface area contributed by atoms with Gasteiger partial charge >= 0.3 is 5.97 Å². The van der Waals surface area contributed by atoms with E-state index in [1.807, 2.05) is 57.2 Å². The summed E-state index contributed by atoms with van der Waals surface area (Å²) >= 11 is 0. The quantitative estimate of drug-likeness (QED) is 0.677. The van der Waals surface area contributed by atoms with E-state index in [0.717, 1.165) is 33.2 Å². The van der Waals surface area contributed by atoms with Crippen molar-refractivity contribution in [3.63, 3.8) is 0 Å². The van der Waals surface area contributed by atoms with Gasteiger partial charge in [0.2, 0.25) is 0 Å². The lowest BCUT2D eigenvalue weighted by Gasteiger charge is -2.13. The van der Waals surface area contributed by atoms with E-state index in [9.17, 15) is 9.59 Å². The molecule has 0 bridgehead atoms. The number of amides is 1. The number of hydrogen-bond donors (Lipinski definition) is 1. The number of ether oxygens (including phenoxy) is 1. The standard InChI is InChI=1S/C22H23NO4/c1-13-5-7-18(8-6-13)23-22(25)16(4)27-21(24)11-17-12-26-20-10-15(3)14(2)9-19(17)20/h5-10,12,16H,11H2,1-4H3,(H,23,25)/t16-/m0/s1.